The molecule has 0 radical (unpaired) electrons. The summed E-state index contributed by atoms with van der Waals surface area (Å²) in [5.41, 5.74) is 2.00. The standard InChI is InChI=1S/C14H18O3/c1-5-9(2)11-6-12(10(3)15)8-13(7-11)14(16)17-4/h6-9H,5H2,1-4H3. The first-order chi connectivity index (χ1) is 7.99. The Bertz CT molecular complexity index is 435. The largest absolute Gasteiger partial charge is 0.465 e. The van der Waals surface area contributed by atoms with Gasteiger partial charge < -0.3 is 4.74 Å². The Balaban J connectivity index is 3.28. The molecular weight excluding hydrogens is 216 g/mol. The minimum atomic E-state index is -0.405. The molecule has 1 unspecified atom stereocenters. The fourth-order valence-corrected chi connectivity index (χ4v) is 1.61. The molecule has 0 aliphatic heterocycles. The van der Waals surface area contributed by atoms with Crippen molar-refractivity contribution < 1.29 is 14.3 Å². The second-order valence-electron chi connectivity index (χ2n) is 4.20. The Hall–Kier alpha value is -1.64. The number of carbonyl (C=O) groups is 2. The molecule has 0 fully saturated rings. The lowest BCUT2D eigenvalue weighted by Gasteiger charge is -2.12. The van der Waals surface area contributed by atoms with Crippen LogP contribution in [0.3, 0.4) is 0 Å². The normalized spacial score (nSPS) is 12.0. The van der Waals surface area contributed by atoms with Crippen molar-refractivity contribution in [1.29, 1.82) is 0 Å². The van der Waals surface area contributed by atoms with Crippen molar-refractivity contribution in [2.75, 3.05) is 7.11 Å². The highest BCUT2D eigenvalue weighted by atomic mass is 16.5. The van der Waals surface area contributed by atoms with E-state index in [2.05, 4.69) is 18.6 Å². The highest BCUT2D eigenvalue weighted by Gasteiger charge is 2.13. The van der Waals surface area contributed by atoms with Gasteiger partial charge in [-0.1, -0.05) is 13.8 Å². The molecule has 1 aromatic carbocycles. The summed E-state index contributed by atoms with van der Waals surface area (Å²) in [6.45, 7) is 5.64. The first kappa shape index (κ1) is 13.4. The number of hydrogen-bond acceptors (Lipinski definition) is 3. The predicted molar refractivity (Wildman–Crippen MR) is 66.5 cm³/mol. The summed E-state index contributed by atoms with van der Waals surface area (Å²) in [6, 6.07) is 5.23. The van der Waals surface area contributed by atoms with Crippen LogP contribution in [0.2, 0.25) is 0 Å². The molecule has 0 saturated heterocycles. The average Bonchev–Trinajstić information content (AvgIpc) is 2.36. The Labute approximate surface area is 102 Å². The van der Waals surface area contributed by atoms with Crippen molar-refractivity contribution in [3.8, 4) is 0 Å². The van der Waals surface area contributed by atoms with Gasteiger partial charge in [0.25, 0.3) is 0 Å². The Morgan fingerprint density at radius 1 is 1.24 bits per heavy atom. The van der Waals surface area contributed by atoms with Crippen LogP contribution >= 0.6 is 0 Å². The molecule has 0 aromatic heterocycles. The van der Waals surface area contributed by atoms with Gasteiger partial charge in [-0.05, 0) is 43.0 Å². The van der Waals surface area contributed by atoms with Crippen LogP contribution in [0.25, 0.3) is 0 Å². The van der Waals surface area contributed by atoms with Gasteiger partial charge in [0.05, 0.1) is 12.7 Å². The number of methoxy groups -OCH3 is 1. The lowest BCUT2D eigenvalue weighted by atomic mass is 9.93. The molecule has 0 heterocycles. The molecule has 0 bridgehead atoms. The van der Waals surface area contributed by atoms with Crippen molar-refractivity contribution in [1.82, 2.24) is 0 Å². The highest BCUT2D eigenvalue weighted by molar-refractivity contribution is 5.98. The van der Waals surface area contributed by atoms with Crippen LogP contribution in [0.4, 0.5) is 0 Å². The van der Waals surface area contributed by atoms with E-state index in [1.807, 2.05) is 6.07 Å². The first-order valence-corrected chi connectivity index (χ1v) is 5.73. The molecule has 1 atom stereocenters. The molecule has 0 saturated carbocycles. The number of ketones is 1. The minimum absolute atomic E-state index is 0.0414. The first-order valence-electron chi connectivity index (χ1n) is 5.73. The molecule has 3 nitrogen and oxygen atoms in total. The summed E-state index contributed by atoms with van der Waals surface area (Å²) in [5, 5.41) is 0. The molecule has 1 rings (SSSR count). The summed E-state index contributed by atoms with van der Waals surface area (Å²) in [7, 11) is 1.34. The maximum absolute atomic E-state index is 11.5. The number of ether oxygens (including phenoxy) is 1. The second kappa shape index (κ2) is 5.62. The van der Waals surface area contributed by atoms with Crippen molar-refractivity contribution >= 4 is 11.8 Å². The average molecular weight is 234 g/mol. The van der Waals surface area contributed by atoms with Gasteiger partial charge in [0, 0.05) is 5.56 Å². The van der Waals surface area contributed by atoms with Crippen LogP contribution in [0.1, 0.15) is 59.4 Å². The molecule has 0 N–H and O–H groups in total. The third kappa shape index (κ3) is 3.16. The van der Waals surface area contributed by atoms with Crippen LogP contribution in [-0.4, -0.2) is 18.9 Å². The maximum atomic E-state index is 11.5. The third-order valence-corrected chi connectivity index (χ3v) is 2.96. The molecule has 1 aromatic rings. The number of esters is 1. The summed E-state index contributed by atoms with van der Waals surface area (Å²) < 4.78 is 4.69. The van der Waals surface area contributed by atoms with Crippen molar-refractivity contribution in [2.24, 2.45) is 0 Å². The monoisotopic (exact) mass is 234 g/mol. The van der Waals surface area contributed by atoms with Crippen molar-refractivity contribution in [3.05, 3.63) is 34.9 Å². The second-order valence-corrected chi connectivity index (χ2v) is 4.20. The molecular formula is C14H18O3. The third-order valence-electron chi connectivity index (χ3n) is 2.96. The van der Waals surface area contributed by atoms with E-state index < -0.39 is 5.97 Å². The van der Waals surface area contributed by atoms with Gasteiger partial charge in [-0.3, -0.25) is 4.79 Å². The minimum Gasteiger partial charge on any atom is -0.465 e. The zero-order valence-corrected chi connectivity index (χ0v) is 10.7. The van der Waals surface area contributed by atoms with Gasteiger partial charge in [-0.2, -0.15) is 0 Å². The summed E-state index contributed by atoms with van der Waals surface area (Å²) in [5.74, 6) is -0.129. The fourth-order valence-electron chi connectivity index (χ4n) is 1.61. The van der Waals surface area contributed by atoms with Gasteiger partial charge in [-0.25, -0.2) is 4.79 Å². The van der Waals surface area contributed by atoms with E-state index in [9.17, 15) is 9.59 Å². The highest BCUT2D eigenvalue weighted by Crippen LogP contribution is 2.22. The van der Waals surface area contributed by atoms with Gasteiger partial charge in [0.15, 0.2) is 5.78 Å². The topological polar surface area (TPSA) is 43.4 Å². The van der Waals surface area contributed by atoms with Crippen LogP contribution in [-0.2, 0) is 4.74 Å². The quantitative estimate of drug-likeness (QED) is 0.593. The van der Waals surface area contributed by atoms with Crippen molar-refractivity contribution in [2.45, 2.75) is 33.1 Å². The Morgan fingerprint density at radius 2 is 1.82 bits per heavy atom. The molecule has 92 valence electrons. The smallest absolute Gasteiger partial charge is 0.337 e. The summed E-state index contributed by atoms with van der Waals surface area (Å²) >= 11 is 0. The number of rotatable bonds is 4. The van der Waals surface area contributed by atoms with Gasteiger partial charge in [0.2, 0.25) is 0 Å². The van der Waals surface area contributed by atoms with Crippen LogP contribution in [0.5, 0.6) is 0 Å². The van der Waals surface area contributed by atoms with E-state index in [-0.39, 0.29) is 5.78 Å². The number of benzene rings is 1. The Kier molecular flexibility index (Phi) is 4.44. The number of Topliss-reactive ketones (excluding diaryl/α,β-unsaturated/α-hetero) is 1. The molecule has 3 heteroatoms. The SMILES string of the molecule is CCC(C)c1cc(C(C)=O)cc(C(=O)OC)c1. The van der Waals surface area contributed by atoms with E-state index in [0.717, 1.165) is 12.0 Å². The molecule has 0 aliphatic carbocycles. The van der Waals surface area contributed by atoms with E-state index in [1.165, 1.54) is 14.0 Å². The Morgan fingerprint density at radius 3 is 2.29 bits per heavy atom. The molecule has 17 heavy (non-hydrogen) atoms. The van der Waals surface area contributed by atoms with E-state index in [1.54, 1.807) is 12.1 Å². The van der Waals surface area contributed by atoms with Crippen LogP contribution < -0.4 is 0 Å². The molecule has 0 spiro atoms. The van der Waals surface area contributed by atoms with Gasteiger partial charge in [-0.15, -0.1) is 0 Å². The van der Waals surface area contributed by atoms with E-state index in [4.69, 9.17) is 0 Å². The van der Waals surface area contributed by atoms with E-state index >= 15 is 0 Å². The number of hydrogen-bond donors (Lipinski definition) is 0. The van der Waals surface area contributed by atoms with Crippen LogP contribution in [0.15, 0.2) is 18.2 Å². The summed E-state index contributed by atoms with van der Waals surface area (Å²) in [4.78, 5) is 22.9. The fraction of sp³-hybridized carbons (Fsp3) is 0.429. The van der Waals surface area contributed by atoms with Crippen molar-refractivity contribution in [3.63, 3.8) is 0 Å². The zero-order chi connectivity index (χ0) is 13.0. The van der Waals surface area contributed by atoms with Gasteiger partial charge >= 0.3 is 5.97 Å². The maximum Gasteiger partial charge on any atom is 0.337 e. The number of carbonyl (C=O) groups excluding carboxylic acids is 2. The molecule has 0 amide bonds. The lowest BCUT2D eigenvalue weighted by Crippen LogP contribution is -2.06. The molecule has 0 aliphatic rings. The lowest BCUT2D eigenvalue weighted by molar-refractivity contribution is 0.0600. The van der Waals surface area contributed by atoms with Gasteiger partial charge in [0.1, 0.15) is 0 Å². The zero-order valence-electron chi connectivity index (χ0n) is 10.7. The van der Waals surface area contributed by atoms with E-state index in [0.29, 0.717) is 17.0 Å². The van der Waals surface area contributed by atoms with Crippen LogP contribution in [0, 0.1) is 0 Å². The predicted octanol–water partition coefficient (Wildman–Crippen LogP) is 3.19. The summed E-state index contributed by atoms with van der Waals surface area (Å²) in [6.07, 6.45) is 0.960.